The van der Waals surface area contributed by atoms with Crippen LogP contribution in [0.3, 0.4) is 0 Å². The molecule has 1 N–H and O–H groups in total. The Balaban J connectivity index is 1.42. The van der Waals surface area contributed by atoms with Crippen LogP contribution in [0.25, 0.3) is 0 Å². The zero-order valence-electron chi connectivity index (χ0n) is 15.2. The van der Waals surface area contributed by atoms with Gasteiger partial charge in [0, 0.05) is 25.1 Å². The Labute approximate surface area is 158 Å². The highest BCUT2D eigenvalue weighted by Crippen LogP contribution is 2.35. The molecule has 4 rings (SSSR count). The minimum absolute atomic E-state index is 0.0399. The maximum absolute atomic E-state index is 12.7. The number of benzene rings is 1. The van der Waals surface area contributed by atoms with Gasteiger partial charge in [0.1, 0.15) is 5.56 Å². The fourth-order valence-electron chi connectivity index (χ4n) is 3.87. The van der Waals surface area contributed by atoms with E-state index in [0.717, 1.165) is 31.2 Å². The minimum Gasteiger partial charge on any atom is -0.349 e. The van der Waals surface area contributed by atoms with E-state index in [1.807, 2.05) is 30.3 Å². The van der Waals surface area contributed by atoms with E-state index in [1.165, 1.54) is 0 Å². The molecule has 1 spiro atoms. The lowest BCUT2D eigenvalue weighted by molar-refractivity contribution is -0.179. The van der Waals surface area contributed by atoms with Crippen molar-refractivity contribution in [3.8, 4) is 0 Å². The van der Waals surface area contributed by atoms with E-state index >= 15 is 0 Å². The Morgan fingerprint density at radius 3 is 2.48 bits per heavy atom. The number of pyridine rings is 1. The van der Waals surface area contributed by atoms with E-state index in [1.54, 1.807) is 22.9 Å². The minimum atomic E-state index is -0.448. The van der Waals surface area contributed by atoms with Crippen molar-refractivity contribution in [3.63, 3.8) is 0 Å². The molecule has 1 amide bonds. The summed E-state index contributed by atoms with van der Waals surface area (Å²) in [4.78, 5) is 25.4. The summed E-state index contributed by atoms with van der Waals surface area (Å²) in [5.74, 6) is -0.757. The molecule has 0 unspecified atom stereocenters. The Hall–Kier alpha value is -2.44. The maximum Gasteiger partial charge on any atom is 0.263 e. The van der Waals surface area contributed by atoms with Gasteiger partial charge in [-0.2, -0.15) is 0 Å². The zero-order chi connectivity index (χ0) is 18.7. The average molecular weight is 368 g/mol. The molecular formula is C21H24N2O4. The lowest BCUT2D eigenvalue weighted by atomic mass is 9.90. The van der Waals surface area contributed by atoms with Crippen molar-refractivity contribution in [2.45, 2.75) is 44.1 Å². The van der Waals surface area contributed by atoms with Crippen LogP contribution in [-0.4, -0.2) is 35.5 Å². The van der Waals surface area contributed by atoms with Gasteiger partial charge in [-0.1, -0.05) is 30.3 Å². The first-order valence-corrected chi connectivity index (χ1v) is 9.47. The number of ether oxygens (including phenoxy) is 2. The lowest BCUT2D eigenvalue weighted by Crippen LogP contribution is -2.45. The second-order valence-corrected chi connectivity index (χ2v) is 7.20. The van der Waals surface area contributed by atoms with Crippen LogP contribution in [0.5, 0.6) is 0 Å². The SMILES string of the molecule is O=C(NC1CCC2(CC1)OCCO2)c1cccn(Cc2ccccc2)c1=O. The second kappa shape index (κ2) is 7.66. The molecule has 1 saturated carbocycles. The summed E-state index contributed by atoms with van der Waals surface area (Å²) in [6, 6.07) is 13.1. The van der Waals surface area contributed by atoms with E-state index in [4.69, 9.17) is 9.47 Å². The van der Waals surface area contributed by atoms with Crippen molar-refractivity contribution >= 4 is 5.91 Å². The standard InChI is InChI=1S/C21H24N2O4/c24-19(22-17-8-10-21(11-9-17)26-13-14-27-21)18-7-4-12-23(20(18)25)15-16-5-2-1-3-6-16/h1-7,12,17H,8-11,13-15H2,(H,22,24). The van der Waals surface area contributed by atoms with Crippen molar-refractivity contribution in [2.75, 3.05) is 13.2 Å². The van der Waals surface area contributed by atoms with Crippen LogP contribution in [0.15, 0.2) is 53.5 Å². The van der Waals surface area contributed by atoms with Gasteiger partial charge in [-0.05, 0) is 30.5 Å². The summed E-state index contributed by atoms with van der Waals surface area (Å²) in [6.45, 7) is 1.73. The van der Waals surface area contributed by atoms with Crippen LogP contribution in [-0.2, 0) is 16.0 Å². The number of carbonyl (C=O) groups is 1. The first-order chi connectivity index (χ1) is 13.2. The van der Waals surface area contributed by atoms with Crippen LogP contribution in [0, 0.1) is 0 Å². The summed E-state index contributed by atoms with van der Waals surface area (Å²) < 4.78 is 13.0. The summed E-state index contributed by atoms with van der Waals surface area (Å²) in [6.07, 6.45) is 4.83. The van der Waals surface area contributed by atoms with E-state index in [0.29, 0.717) is 19.8 Å². The van der Waals surface area contributed by atoms with Gasteiger partial charge < -0.3 is 19.4 Å². The molecule has 0 bridgehead atoms. The van der Waals surface area contributed by atoms with Crippen molar-refractivity contribution in [1.29, 1.82) is 0 Å². The lowest BCUT2D eigenvalue weighted by Gasteiger charge is -2.35. The predicted molar refractivity (Wildman–Crippen MR) is 101 cm³/mol. The Morgan fingerprint density at radius 2 is 1.78 bits per heavy atom. The number of nitrogens with zero attached hydrogens (tertiary/aromatic N) is 1. The van der Waals surface area contributed by atoms with Crippen molar-refractivity contribution in [1.82, 2.24) is 9.88 Å². The second-order valence-electron chi connectivity index (χ2n) is 7.20. The van der Waals surface area contributed by atoms with Gasteiger partial charge in [-0.3, -0.25) is 9.59 Å². The van der Waals surface area contributed by atoms with Gasteiger partial charge >= 0.3 is 0 Å². The summed E-state index contributed by atoms with van der Waals surface area (Å²) in [7, 11) is 0. The van der Waals surface area contributed by atoms with Crippen LogP contribution in [0.1, 0.15) is 41.6 Å². The van der Waals surface area contributed by atoms with Crippen LogP contribution in [0.4, 0.5) is 0 Å². The molecule has 2 heterocycles. The molecule has 6 heteroatoms. The first-order valence-electron chi connectivity index (χ1n) is 9.47. The number of aromatic nitrogens is 1. The molecule has 6 nitrogen and oxygen atoms in total. The van der Waals surface area contributed by atoms with Crippen molar-refractivity contribution in [2.24, 2.45) is 0 Å². The molecule has 1 aromatic heterocycles. The van der Waals surface area contributed by atoms with Gasteiger partial charge in [0.15, 0.2) is 5.79 Å². The largest absolute Gasteiger partial charge is 0.349 e. The fourth-order valence-corrected chi connectivity index (χ4v) is 3.87. The van der Waals surface area contributed by atoms with Gasteiger partial charge in [0.2, 0.25) is 0 Å². The molecule has 0 radical (unpaired) electrons. The quantitative estimate of drug-likeness (QED) is 0.899. The smallest absolute Gasteiger partial charge is 0.263 e. The van der Waals surface area contributed by atoms with Crippen LogP contribution >= 0.6 is 0 Å². The van der Waals surface area contributed by atoms with Gasteiger partial charge in [0.25, 0.3) is 11.5 Å². The molecule has 27 heavy (non-hydrogen) atoms. The number of rotatable bonds is 4. The van der Waals surface area contributed by atoms with Gasteiger partial charge in [-0.15, -0.1) is 0 Å². The third-order valence-corrected chi connectivity index (χ3v) is 5.36. The van der Waals surface area contributed by atoms with Crippen LogP contribution in [0.2, 0.25) is 0 Å². The van der Waals surface area contributed by atoms with Crippen molar-refractivity contribution < 1.29 is 14.3 Å². The summed E-state index contributed by atoms with van der Waals surface area (Å²) in [5, 5.41) is 3.01. The number of nitrogens with one attached hydrogen (secondary N) is 1. The molecule has 0 atom stereocenters. The highest BCUT2D eigenvalue weighted by atomic mass is 16.7. The molecule has 1 aliphatic heterocycles. The third kappa shape index (κ3) is 3.96. The Kier molecular flexibility index (Phi) is 5.09. The molecule has 1 saturated heterocycles. The molecule has 2 aromatic rings. The average Bonchev–Trinajstić information content (AvgIpc) is 3.14. The first kappa shape index (κ1) is 17.9. The monoisotopic (exact) mass is 368 g/mol. The van der Waals surface area contributed by atoms with Crippen LogP contribution < -0.4 is 10.9 Å². The molecule has 1 aliphatic carbocycles. The van der Waals surface area contributed by atoms with E-state index in [9.17, 15) is 9.59 Å². The third-order valence-electron chi connectivity index (χ3n) is 5.36. The number of amides is 1. The number of hydrogen-bond acceptors (Lipinski definition) is 4. The maximum atomic E-state index is 12.7. The van der Waals surface area contributed by atoms with E-state index < -0.39 is 5.79 Å². The van der Waals surface area contributed by atoms with Gasteiger partial charge in [0.05, 0.1) is 19.8 Å². The highest BCUT2D eigenvalue weighted by molar-refractivity contribution is 5.94. The normalized spacial score (nSPS) is 19.3. The molecular weight excluding hydrogens is 344 g/mol. The molecule has 2 fully saturated rings. The number of carbonyl (C=O) groups excluding carboxylic acids is 1. The van der Waals surface area contributed by atoms with Crippen molar-refractivity contribution in [3.05, 3.63) is 70.1 Å². The molecule has 2 aliphatic rings. The molecule has 142 valence electrons. The zero-order valence-corrected chi connectivity index (χ0v) is 15.2. The van der Waals surface area contributed by atoms with E-state index in [-0.39, 0.29) is 23.1 Å². The fraction of sp³-hybridized carbons (Fsp3) is 0.429. The summed E-state index contributed by atoms with van der Waals surface area (Å²) in [5.41, 5.74) is 0.932. The molecule has 1 aromatic carbocycles. The number of hydrogen-bond donors (Lipinski definition) is 1. The highest BCUT2D eigenvalue weighted by Gasteiger charge is 2.40. The van der Waals surface area contributed by atoms with E-state index in [2.05, 4.69) is 5.32 Å². The predicted octanol–water partition coefficient (Wildman–Crippen LogP) is 2.31. The topological polar surface area (TPSA) is 69.6 Å². The Morgan fingerprint density at radius 1 is 1.07 bits per heavy atom. The summed E-state index contributed by atoms with van der Waals surface area (Å²) >= 11 is 0. The Bertz CT molecular complexity index is 846. The van der Waals surface area contributed by atoms with Gasteiger partial charge in [-0.25, -0.2) is 0 Å².